The molecule has 0 N–H and O–H groups in total. The molecule has 0 aliphatic heterocycles. The number of carbonyl (C=O) groups is 1. The van der Waals surface area contributed by atoms with E-state index in [-0.39, 0.29) is 12.3 Å². The summed E-state index contributed by atoms with van der Waals surface area (Å²) in [6, 6.07) is 11.8. The molecule has 6 nitrogen and oxygen atoms in total. The molecular weight excluding hydrogens is 418 g/mol. The second-order valence-corrected chi connectivity index (χ2v) is 8.93. The Morgan fingerprint density at radius 3 is 2.50 bits per heavy atom. The number of aromatic nitrogens is 1. The SMILES string of the molecule is COc1ccc(CC(=O)N(CCN(C)C)c2nc3ccc(SC)cc3s2)cc1OC. The minimum Gasteiger partial charge on any atom is -0.493 e. The molecule has 0 aliphatic rings. The van der Waals surface area contributed by atoms with E-state index in [4.69, 9.17) is 14.5 Å². The lowest BCUT2D eigenvalue weighted by Crippen LogP contribution is -2.37. The molecule has 0 atom stereocenters. The number of thioether (sulfide) groups is 1. The van der Waals surface area contributed by atoms with Crippen molar-refractivity contribution < 1.29 is 14.3 Å². The van der Waals surface area contributed by atoms with Gasteiger partial charge in [-0.1, -0.05) is 17.4 Å². The molecule has 2 aromatic carbocycles. The molecule has 30 heavy (non-hydrogen) atoms. The first-order valence-electron chi connectivity index (χ1n) is 9.55. The third-order valence-corrected chi connectivity index (χ3v) is 6.46. The average Bonchev–Trinajstić information content (AvgIpc) is 3.16. The highest BCUT2D eigenvalue weighted by Crippen LogP contribution is 2.32. The van der Waals surface area contributed by atoms with Gasteiger partial charge in [-0.2, -0.15) is 0 Å². The van der Waals surface area contributed by atoms with Gasteiger partial charge in [0, 0.05) is 18.0 Å². The molecule has 0 bridgehead atoms. The molecule has 0 fully saturated rings. The van der Waals surface area contributed by atoms with Gasteiger partial charge in [0.15, 0.2) is 16.6 Å². The monoisotopic (exact) mass is 445 g/mol. The van der Waals surface area contributed by atoms with Crippen LogP contribution in [0.1, 0.15) is 5.56 Å². The number of likely N-dealkylation sites (N-methyl/N-ethyl adjacent to an activating group) is 1. The molecule has 160 valence electrons. The van der Waals surface area contributed by atoms with E-state index in [0.29, 0.717) is 18.0 Å². The maximum Gasteiger partial charge on any atom is 0.233 e. The maximum atomic E-state index is 13.3. The maximum absolute atomic E-state index is 13.3. The molecular formula is C22H27N3O3S2. The van der Waals surface area contributed by atoms with Gasteiger partial charge < -0.3 is 14.4 Å². The van der Waals surface area contributed by atoms with Crippen LogP contribution in [-0.2, 0) is 11.2 Å². The number of hydrogen-bond donors (Lipinski definition) is 0. The van der Waals surface area contributed by atoms with Crippen molar-refractivity contribution in [3.63, 3.8) is 0 Å². The number of rotatable bonds is 9. The number of benzene rings is 2. The summed E-state index contributed by atoms with van der Waals surface area (Å²) in [5.74, 6) is 1.27. The summed E-state index contributed by atoms with van der Waals surface area (Å²) < 4.78 is 11.8. The fourth-order valence-corrected chi connectivity index (χ4v) is 4.59. The number of hydrogen-bond acceptors (Lipinski definition) is 7. The minimum absolute atomic E-state index is 0.00761. The Bertz CT molecular complexity index is 1020. The van der Waals surface area contributed by atoms with Gasteiger partial charge in [-0.25, -0.2) is 4.98 Å². The molecule has 0 spiro atoms. The molecule has 1 amide bonds. The number of ether oxygens (including phenoxy) is 2. The van der Waals surface area contributed by atoms with E-state index in [2.05, 4.69) is 23.3 Å². The Hall–Kier alpha value is -2.29. The van der Waals surface area contributed by atoms with Crippen LogP contribution in [0.25, 0.3) is 10.2 Å². The number of nitrogens with zero attached hydrogens (tertiary/aromatic N) is 3. The van der Waals surface area contributed by atoms with Crippen molar-refractivity contribution in [3.05, 3.63) is 42.0 Å². The molecule has 0 radical (unpaired) electrons. The number of carbonyl (C=O) groups excluding carboxylic acids is 1. The van der Waals surface area contributed by atoms with Crippen LogP contribution in [0.3, 0.4) is 0 Å². The lowest BCUT2D eigenvalue weighted by Gasteiger charge is -2.22. The normalized spacial score (nSPS) is 11.1. The standard InChI is InChI=1S/C22H27N3O3S2/c1-24(2)10-11-25(22-23-17-8-7-16(29-5)14-20(17)30-22)21(26)13-15-6-9-18(27-3)19(12-15)28-4/h6-9,12,14H,10-11,13H2,1-5H3. The van der Waals surface area contributed by atoms with Crippen LogP contribution >= 0.6 is 23.1 Å². The van der Waals surface area contributed by atoms with Crippen molar-refractivity contribution in [1.29, 1.82) is 0 Å². The van der Waals surface area contributed by atoms with E-state index in [0.717, 1.165) is 27.5 Å². The Morgan fingerprint density at radius 1 is 1.07 bits per heavy atom. The van der Waals surface area contributed by atoms with Crippen molar-refractivity contribution >= 4 is 44.4 Å². The van der Waals surface area contributed by atoms with Gasteiger partial charge in [-0.3, -0.25) is 9.69 Å². The molecule has 0 aliphatic carbocycles. The van der Waals surface area contributed by atoms with Crippen LogP contribution in [0.15, 0.2) is 41.3 Å². The van der Waals surface area contributed by atoms with Crippen LogP contribution in [0, 0.1) is 0 Å². The summed E-state index contributed by atoms with van der Waals surface area (Å²) >= 11 is 3.26. The topological polar surface area (TPSA) is 54.9 Å². The largest absolute Gasteiger partial charge is 0.493 e. The third kappa shape index (κ3) is 5.24. The molecule has 3 rings (SSSR count). The second kappa shape index (κ2) is 10.1. The Labute approximate surface area is 185 Å². The van der Waals surface area contributed by atoms with E-state index in [9.17, 15) is 4.79 Å². The Balaban J connectivity index is 1.88. The van der Waals surface area contributed by atoms with Gasteiger partial charge in [0.05, 0.1) is 30.9 Å². The average molecular weight is 446 g/mol. The van der Waals surface area contributed by atoms with E-state index in [1.165, 1.54) is 4.90 Å². The zero-order chi connectivity index (χ0) is 21.7. The van der Waals surface area contributed by atoms with Crippen molar-refractivity contribution in [2.24, 2.45) is 0 Å². The first kappa shape index (κ1) is 22.4. The van der Waals surface area contributed by atoms with Crippen LogP contribution in [0.2, 0.25) is 0 Å². The summed E-state index contributed by atoms with van der Waals surface area (Å²) in [5.41, 5.74) is 1.79. The van der Waals surface area contributed by atoms with Gasteiger partial charge in [-0.05, 0) is 56.2 Å². The summed E-state index contributed by atoms with van der Waals surface area (Å²) in [5, 5.41) is 0.732. The summed E-state index contributed by atoms with van der Waals surface area (Å²) in [7, 11) is 7.19. The molecule has 0 saturated heterocycles. The number of fused-ring (bicyclic) bond motifs is 1. The molecule has 0 saturated carbocycles. The molecule has 1 heterocycles. The molecule has 1 aromatic heterocycles. The van der Waals surface area contributed by atoms with Gasteiger partial charge in [0.2, 0.25) is 5.91 Å². The van der Waals surface area contributed by atoms with Gasteiger partial charge in [0.25, 0.3) is 0 Å². The van der Waals surface area contributed by atoms with E-state index in [1.807, 2.05) is 38.4 Å². The zero-order valence-corrected chi connectivity index (χ0v) is 19.6. The van der Waals surface area contributed by atoms with Crippen LogP contribution in [0.4, 0.5) is 5.13 Å². The lowest BCUT2D eigenvalue weighted by atomic mass is 10.1. The highest BCUT2D eigenvalue weighted by molar-refractivity contribution is 7.98. The van der Waals surface area contributed by atoms with Gasteiger partial charge in [0.1, 0.15) is 0 Å². The van der Waals surface area contributed by atoms with Crippen molar-refractivity contribution in [2.45, 2.75) is 11.3 Å². The fraction of sp³-hybridized carbons (Fsp3) is 0.364. The molecule has 8 heteroatoms. The first-order valence-corrected chi connectivity index (χ1v) is 11.6. The lowest BCUT2D eigenvalue weighted by molar-refractivity contribution is -0.118. The molecule has 3 aromatic rings. The van der Waals surface area contributed by atoms with Gasteiger partial charge in [-0.15, -0.1) is 11.8 Å². The summed E-state index contributed by atoms with van der Waals surface area (Å²) in [6.07, 6.45) is 2.32. The predicted octanol–water partition coefficient (Wildman–Crippen LogP) is 4.17. The number of anilines is 1. The van der Waals surface area contributed by atoms with Crippen molar-refractivity contribution in [2.75, 3.05) is 52.6 Å². The quantitative estimate of drug-likeness (QED) is 0.461. The number of amides is 1. The highest BCUT2D eigenvalue weighted by atomic mass is 32.2. The minimum atomic E-state index is 0.00761. The molecule has 0 unspecified atom stereocenters. The van der Waals surface area contributed by atoms with Gasteiger partial charge >= 0.3 is 0 Å². The summed E-state index contributed by atoms with van der Waals surface area (Å²) in [6.45, 7) is 1.33. The Morgan fingerprint density at radius 2 is 1.83 bits per heavy atom. The Kier molecular flexibility index (Phi) is 7.58. The van der Waals surface area contributed by atoms with Crippen molar-refractivity contribution in [3.8, 4) is 11.5 Å². The second-order valence-electron chi connectivity index (χ2n) is 7.04. The number of methoxy groups -OCH3 is 2. The zero-order valence-electron chi connectivity index (χ0n) is 18.0. The highest BCUT2D eigenvalue weighted by Gasteiger charge is 2.21. The van der Waals surface area contributed by atoms with E-state index < -0.39 is 0 Å². The smallest absolute Gasteiger partial charge is 0.233 e. The first-order chi connectivity index (χ1) is 14.4. The summed E-state index contributed by atoms with van der Waals surface area (Å²) in [4.78, 5) is 23.1. The number of thiazole rings is 1. The fourth-order valence-electron chi connectivity index (χ4n) is 3.02. The predicted molar refractivity (Wildman–Crippen MR) is 126 cm³/mol. The third-order valence-electron chi connectivity index (χ3n) is 4.69. The van der Waals surface area contributed by atoms with E-state index >= 15 is 0 Å². The van der Waals surface area contributed by atoms with Crippen molar-refractivity contribution in [1.82, 2.24) is 9.88 Å². The van der Waals surface area contributed by atoms with Crippen LogP contribution in [-0.4, -0.2) is 63.5 Å². The van der Waals surface area contributed by atoms with E-state index in [1.54, 1.807) is 42.2 Å². The van der Waals surface area contributed by atoms with Crippen LogP contribution in [0.5, 0.6) is 11.5 Å². The van der Waals surface area contributed by atoms with Crippen LogP contribution < -0.4 is 14.4 Å².